The first-order valence-corrected chi connectivity index (χ1v) is 7.76. The van der Waals surface area contributed by atoms with Crippen molar-refractivity contribution in [3.05, 3.63) is 17.7 Å². The molecular weight excluding hydrogens is 266 g/mol. The van der Waals surface area contributed by atoms with Gasteiger partial charge in [-0.05, 0) is 43.9 Å². The molecule has 1 aromatic carbocycles. The standard InChI is InChI=1S/C16H23N3O2/c1-2-21-12-5-7-19(8-6-12)15-9-11-3-4-16(20)18-14(11)10-13(15)17/h9-10,12H,2-8,17H2,1H3,(H,18,20). The molecule has 0 bridgehead atoms. The Morgan fingerprint density at radius 3 is 2.81 bits per heavy atom. The topological polar surface area (TPSA) is 67.6 Å². The highest BCUT2D eigenvalue weighted by molar-refractivity contribution is 5.95. The summed E-state index contributed by atoms with van der Waals surface area (Å²) < 4.78 is 5.69. The first kappa shape index (κ1) is 14.2. The van der Waals surface area contributed by atoms with E-state index in [9.17, 15) is 4.79 Å². The van der Waals surface area contributed by atoms with E-state index in [0.29, 0.717) is 12.5 Å². The Balaban J connectivity index is 1.76. The number of ether oxygens (including phenoxy) is 1. The highest BCUT2D eigenvalue weighted by Gasteiger charge is 2.23. The summed E-state index contributed by atoms with van der Waals surface area (Å²) in [5.41, 5.74) is 10.1. The first-order valence-electron chi connectivity index (χ1n) is 7.76. The Labute approximate surface area is 125 Å². The molecule has 0 aromatic heterocycles. The maximum Gasteiger partial charge on any atom is 0.224 e. The lowest BCUT2D eigenvalue weighted by Crippen LogP contribution is -2.37. The van der Waals surface area contributed by atoms with Gasteiger partial charge in [0, 0.05) is 31.8 Å². The van der Waals surface area contributed by atoms with Crippen molar-refractivity contribution in [3.8, 4) is 0 Å². The van der Waals surface area contributed by atoms with Gasteiger partial charge >= 0.3 is 0 Å². The molecule has 1 fully saturated rings. The Morgan fingerprint density at radius 1 is 1.33 bits per heavy atom. The van der Waals surface area contributed by atoms with Crippen molar-refractivity contribution in [1.82, 2.24) is 0 Å². The number of nitrogen functional groups attached to an aromatic ring is 1. The molecule has 1 saturated heterocycles. The number of hydrogen-bond acceptors (Lipinski definition) is 4. The highest BCUT2D eigenvalue weighted by atomic mass is 16.5. The van der Waals surface area contributed by atoms with Crippen LogP contribution in [0.4, 0.5) is 17.1 Å². The van der Waals surface area contributed by atoms with Gasteiger partial charge in [-0.1, -0.05) is 0 Å². The average molecular weight is 289 g/mol. The van der Waals surface area contributed by atoms with Crippen molar-refractivity contribution >= 4 is 23.0 Å². The van der Waals surface area contributed by atoms with Crippen LogP contribution < -0.4 is 16.0 Å². The number of hydrogen-bond donors (Lipinski definition) is 2. The number of anilines is 3. The van der Waals surface area contributed by atoms with Gasteiger partial charge in [-0.3, -0.25) is 4.79 Å². The van der Waals surface area contributed by atoms with Gasteiger partial charge in [-0.25, -0.2) is 0 Å². The molecule has 114 valence electrons. The molecule has 0 unspecified atom stereocenters. The summed E-state index contributed by atoms with van der Waals surface area (Å²) in [6.07, 6.45) is 3.82. The third kappa shape index (κ3) is 2.97. The second kappa shape index (κ2) is 5.93. The van der Waals surface area contributed by atoms with Crippen LogP contribution in [0.15, 0.2) is 12.1 Å². The van der Waals surface area contributed by atoms with Crippen LogP contribution in [-0.4, -0.2) is 31.7 Å². The Morgan fingerprint density at radius 2 is 2.10 bits per heavy atom. The van der Waals surface area contributed by atoms with Crippen LogP contribution in [0.2, 0.25) is 0 Å². The van der Waals surface area contributed by atoms with Crippen LogP contribution in [0, 0.1) is 0 Å². The van der Waals surface area contributed by atoms with E-state index in [0.717, 1.165) is 56.0 Å². The smallest absolute Gasteiger partial charge is 0.224 e. The van der Waals surface area contributed by atoms with E-state index in [1.54, 1.807) is 0 Å². The number of nitrogens with one attached hydrogen (secondary N) is 1. The van der Waals surface area contributed by atoms with Crippen molar-refractivity contribution in [2.24, 2.45) is 0 Å². The van der Waals surface area contributed by atoms with Gasteiger partial charge in [-0.15, -0.1) is 0 Å². The second-order valence-corrected chi connectivity index (χ2v) is 5.76. The van der Waals surface area contributed by atoms with Gasteiger partial charge in [0.25, 0.3) is 0 Å². The maximum atomic E-state index is 11.4. The molecule has 0 aliphatic carbocycles. The lowest BCUT2D eigenvalue weighted by molar-refractivity contribution is -0.116. The predicted octanol–water partition coefficient (Wildman–Crippen LogP) is 2.16. The molecule has 21 heavy (non-hydrogen) atoms. The summed E-state index contributed by atoms with van der Waals surface area (Å²) in [6.45, 7) is 4.77. The Bertz CT molecular complexity index is 537. The monoisotopic (exact) mass is 289 g/mol. The van der Waals surface area contributed by atoms with Gasteiger partial charge in [0.15, 0.2) is 0 Å². The van der Waals surface area contributed by atoms with Crippen LogP contribution in [0.5, 0.6) is 0 Å². The molecular formula is C16H23N3O2. The number of rotatable bonds is 3. The third-order valence-corrected chi connectivity index (χ3v) is 4.33. The molecule has 3 rings (SSSR count). The summed E-state index contributed by atoms with van der Waals surface area (Å²) >= 11 is 0. The Hall–Kier alpha value is -1.75. The lowest BCUT2D eigenvalue weighted by atomic mass is 9.99. The minimum absolute atomic E-state index is 0.0761. The minimum Gasteiger partial charge on any atom is -0.397 e. The molecule has 2 aliphatic heterocycles. The van der Waals surface area contributed by atoms with Crippen LogP contribution in [0.3, 0.4) is 0 Å². The van der Waals surface area contributed by atoms with Crippen LogP contribution >= 0.6 is 0 Å². The molecule has 5 nitrogen and oxygen atoms in total. The SMILES string of the molecule is CCOC1CCN(c2cc3c(cc2N)NC(=O)CC3)CC1. The minimum atomic E-state index is 0.0761. The number of benzene rings is 1. The van der Waals surface area contributed by atoms with Crippen molar-refractivity contribution in [2.75, 3.05) is 35.6 Å². The van der Waals surface area contributed by atoms with Crippen molar-refractivity contribution in [3.63, 3.8) is 0 Å². The Kier molecular flexibility index (Phi) is 4.01. The van der Waals surface area contributed by atoms with E-state index in [1.807, 2.05) is 13.0 Å². The molecule has 1 aromatic rings. The normalized spacial score (nSPS) is 19.3. The molecule has 0 spiro atoms. The van der Waals surface area contributed by atoms with E-state index in [-0.39, 0.29) is 5.91 Å². The van der Waals surface area contributed by atoms with Crippen molar-refractivity contribution in [1.29, 1.82) is 0 Å². The fraction of sp³-hybridized carbons (Fsp3) is 0.562. The third-order valence-electron chi connectivity index (χ3n) is 4.33. The molecule has 0 atom stereocenters. The molecule has 2 aliphatic rings. The summed E-state index contributed by atoms with van der Waals surface area (Å²) in [4.78, 5) is 13.8. The van der Waals surface area contributed by atoms with Gasteiger partial charge in [0.2, 0.25) is 5.91 Å². The molecule has 2 heterocycles. The number of aryl methyl sites for hydroxylation is 1. The number of fused-ring (bicyclic) bond motifs is 1. The molecule has 5 heteroatoms. The van der Waals surface area contributed by atoms with E-state index in [1.165, 1.54) is 5.56 Å². The van der Waals surface area contributed by atoms with E-state index >= 15 is 0 Å². The van der Waals surface area contributed by atoms with Gasteiger partial charge in [0.05, 0.1) is 17.5 Å². The molecule has 1 amide bonds. The number of piperidine rings is 1. The van der Waals surface area contributed by atoms with Gasteiger partial charge in [0.1, 0.15) is 0 Å². The van der Waals surface area contributed by atoms with Crippen LogP contribution in [0.25, 0.3) is 0 Å². The van der Waals surface area contributed by atoms with Crippen LogP contribution in [-0.2, 0) is 16.0 Å². The largest absolute Gasteiger partial charge is 0.397 e. The fourth-order valence-corrected chi connectivity index (χ4v) is 3.21. The predicted molar refractivity (Wildman–Crippen MR) is 84.7 cm³/mol. The quantitative estimate of drug-likeness (QED) is 0.837. The summed E-state index contributed by atoms with van der Waals surface area (Å²) in [6, 6.07) is 4.04. The van der Waals surface area contributed by atoms with E-state index in [2.05, 4.69) is 16.3 Å². The maximum absolute atomic E-state index is 11.4. The fourth-order valence-electron chi connectivity index (χ4n) is 3.21. The first-order chi connectivity index (χ1) is 10.2. The number of nitrogens with two attached hydrogens (primary N) is 1. The van der Waals surface area contributed by atoms with Crippen molar-refractivity contribution in [2.45, 2.75) is 38.7 Å². The zero-order valence-corrected chi connectivity index (χ0v) is 12.5. The number of amides is 1. The molecule has 3 N–H and O–H groups in total. The summed E-state index contributed by atoms with van der Waals surface area (Å²) in [7, 11) is 0. The highest BCUT2D eigenvalue weighted by Crippen LogP contribution is 2.34. The zero-order chi connectivity index (χ0) is 14.8. The van der Waals surface area contributed by atoms with Gasteiger partial charge in [-0.2, -0.15) is 0 Å². The van der Waals surface area contributed by atoms with Crippen molar-refractivity contribution < 1.29 is 9.53 Å². The zero-order valence-electron chi connectivity index (χ0n) is 12.5. The van der Waals surface area contributed by atoms with Gasteiger partial charge < -0.3 is 20.7 Å². The van der Waals surface area contributed by atoms with E-state index < -0.39 is 0 Å². The average Bonchev–Trinajstić information content (AvgIpc) is 2.48. The number of carbonyl (C=O) groups excluding carboxylic acids is 1. The summed E-state index contributed by atoms with van der Waals surface area (Å²) in [5.74, 6) is 0.0761. The number of carbonyl (C=O) groups is 1. The van der Waals surface area contributed by atoms with Crippen LogP contribution in [0.1, 0.15) is 31.7 Å². The summed E-state index contributed by atoms with van der Waals surface area (Å²) in [5, 5.41) is 2.90. The molecule has 0 radical (unpaired) electrons. The molecule has 0 saturated carbocycles. The van der Waals surface area contributed by atoms with E-state index in [4.69, 9.17) is 10.5 Å². The lowest BCUT2D eigenvalue weighted by Gasteiger charge is -2.34. The number of nitrogens with zero attached hydrogens (tertiary/aromatic N) is 1. The second-order valence-electron chi connectivity index (χ2n) is 5.76.